The zero-order valence-corrected chi connectivity index (χ0v) is 13.2. The molecule has 114 valence electrons. The first-order chi connectivity index (χ1) is 9.08. The Hall–Kier alpha value is -0.960. The molecule has 1 aromatic rings. The standard InChI is InChI=1S/C12H19NO5S2/c1-9(2)12(8-14)13-20(17,18)11-6-4-10(5-7-11)19(3,15)16/h4-7,9,12-14H,8H2,1-3H3/t12-/m1/s1. The first-order valence-corrected chi connectivity index (χ1v) is 9.38. The first-order valence-electron chi connectivity index (χ1n) is 6.01. The highest BCUT2D eigenvalue weighted by Crippen LogP contribution is 2.15. The number of hydrogen-bond acceptors (Lipinski definition) is 5. The van der Waals surface area contributed by atoms with E-state index in [-0.39, 0.29) is 22.3 Å². The van der Waals surface area contributed by atoms with Gasteiger partial charge in [0.05, 0.1) is 16.4 Å². The molecule has 2 N–H and O–H groups in total. The minimum atomic E-state index is -3.78. The molecule has 0 fully saturated rings. The van der Waals surface area contributed by atoms with Gasteiger partial charge in [0.15, 0.2) is 9.84 Å². The maximum absolute atomic E-state index is 12.1. The minimum Gasteiger partial charge on any atom is -0.395 e. The van der Waals surface area contributed by atoms with Crippen molar-refractivity contribution in [2.75, 3.05) is 12.9 Å². The fourth-order valence-corrected chi connectivity index (χ4v) is 3.52. The zero-order valence-electron chi connectivity index (χ0n) is 11.6. The molecule has 0 radical (unpaired) electrons. The largest absolute Gasteiger partial charge is 0.395 e. The Morgan fingerprint density at radius 3 is 1.85 bits per heavy atom. The molecule has 8 heteroatoms. The van der Waals surface area contributed by atoms with Gasteiger partial charge in [-0.2, -0.15) is 0 Å². The maximum Gasteiger partial charge on any atom is 0.240 e. The van der Waals surface area contributed by atoms with Gasteiger partial charge in [-0.15, -0.1) is 0 Å². The molecule has 6 nitrogen and oxygen atoms in total. The molecular weight excluding hydrogens is 302 g/mol. The highest BCUT2D eigenvalue weighted by molar-refractivity contribution is 7.90. The van der Waals surface area contributed by atoms with Crippen LogP contribution in [0.5, 0.6) is 0 Å². The van der Waals surface area contributed by atoms with Crippen LogP contribution in [0.3, 0.4) is 0 Å². The van der Waals surface area contributed by atoms with Gasteiger partial charge >= 0.3 is 0 Å². The van der Waals surface area contributed by atoms with E-state index in [1.807, 2.05) is 0 Å². The van der Waals surface area contributed by atoms with Gasteiger partial charge in [-0.25, -0.2) is 21.6 Å². The second-order valence-electron chi connectivity index (χ2n) is 4.90. The molecule has 0 spiro atoms. The zero-order chi connectivity index (χ0) is 15.6. The van der Waals surface area contributed by atoms with Crippen molar-refractivity contribution >= 4 is 19.9 Å². The molecule has 1 rings (SSSR count). The van der Waals surface area contributed by atoms with Crippen molar-refractivity contribution < 1.29 is 21.9 Å². The Labute approximate surface area is 119 Å². The number of benzene rings is 1. The Kier molecular flexibility index (Phi) is 5.31. The fourth-order valence-electron chi connectivity index (χ4n) is 1.52. The third-order valence-electron chi connectivity index (χ3n) is 2.87. The first kappa shape index (κ1) is 17.1. The van der Waals surface area contributed by atoms with Crippen molar-refractivity contribution in [2.24, 2.45) is 5.92 Å². The Balaban J connectivity index is 3.05. The van der Waals surface area contributed by atoms with Crippen LogP contribution in [0, 0.1) is 5.92 Å². The van der Waals surface area contributed by atoms with E-state index in [0.29, 0.717) is 0 Å². The van der Waals surface area contributed by atoms with E-state index >= 15 is 0 Å². The molecule has 0 aromatic heterocycles. The van der Waals surface area contributed by atoms with Crippen LogP contribution in [-0.4, -0.2) is 40.8 Å². The van der Waals surface area contributed by atoms with Crippen LogP contribution in [0.15, 0.2) is 34.1 Å². The summed E-state index contributed by atoms with van der Waals surface area (Å²) in [6.45, 7) is 3.27. The number of sulfonamides is 1. The van der Waals surface area contributed by atoms with Gasteiger partial charge in [0.25, 0.3) is 0 Å². The Morgan fingerprint density at radius 1 is 1.05 bits per heavy atom. The lowest BCUT2D eigenvalue weighted by molar-refractivity contribution is 0.227. The van der Waals surface area contributed by atoms with E-state index in [2.05, 4.69) is 4.72 Å². The van der Waals surface area contributed by atoms with Crippen LogP contribution in [0.1, 0.15) is 13.8 Å². The average Bonchev–Trinajstić information content (AvgIpc) is 2.35. The monoisotopic (exact) mass is 321 g/mol. The lowest BCUT2D eigenvalue weighted by Crippen LogP contribution is -2.41. The average molecular weight is 321 g/mol. The van der Waals surface area contributed by atoms with E-state index in [9.17, 15) is 16.8 Å². The number of rotatable bonds is 6. The number of sulfone groups is 1. The summed E-state index contributed by atoms with van der Waals surface area (Å²) in [6.07, 6.45) is 1.05. The van der Waals surface area contributed by atoms with E-state index in [0.717, 1.165) is 6.26 Å². The molecule has 0 aliphatic carbocycles. The summed E-state index contributed by atoms with van der Waals surface area (Å²) in [7, 11) is -7.15. The van der Waals surface area contributed by atoms with Gasteiger partial charge in [-0.3, -0.25) is 0 Å². The molecule has 0 aliphatic heterocycles. The molecule has 0 unspecified atom stereocenters. The van der Waals surface area contributed by atoms with Crippen LogP contribution < -0.4 is 4.72 Å². The molecule has 0 amide bonds. The quantitative estimate of drug-likeness (QED) is 0.789. The molecule has 0 saturated carbocycles. The third kappa shape index (κ3) is 4.27. The summed E-state index contributed by atoms with van der Waals surface area (Å²) in [5.41, 5.74) is 0. The van der Waals surface area contributed by atoms with Crippen LogP contribution >= 0.6 is 0 Å². The predicted octanol–water partition coefficient (Wildman–Crippen LogP) is 0.385. The van der Waals surface area contributed by atoms with Crippen molar-refractivity contribution in [3.05, 3.63) is 24.3 Å². The summed E-state index contributed by atoms with van der Waals surface area (Å²) in [5, 5.41) is 9.15. The van der Waals surface area contributed by atoms with Gasteiger partial charge in [-0.1, -0.05) is 13.8 Å². The SMILES string of the molecule is CC(C)[C@@H](CO)NS(=O)(=O)c1ccc(S(C)(=O)=O)cc1. The highest BCUT2D eigenvalue weighted by Gasteiger charge is 2.22. The van der Waals surface area contributed by atoms with Crippen molar-refractivity contribution in [1.29, 1.82) is 0 Å². The smallest absolute Gasteiger partial charge is 0.240 e. The molecule has 1 aromatic carbocycles. The molecule has 0 aliphatic rings. The van der Waals surface area contributed by atoms with E-state index in [4.69, 9.17) is 5.11 Å². The number of nitrogens with one attached hydrogen (secondary N) is 1. The fraction of sp³-hybridized carbons (Fsp3) is 0.500. The van der Waals surface area contributed by atoms with Crippen LogP contribution in [0.25, 0.3) is 0 Å². The minimum absolute atomic E-state index is 0.0380. The van der Waals surface area contributed by atoms with Gasteiger partial charge in [0, 0.05) is 12.3 Å². The second kappa shape index (κ2) is 6.21. The van der Waals surface area contributed by atoms with E-state index in [1.54, 1.807) is 13.8 Å². The Bertz CT molecular complexity index is 648. The number of aliphatic hydroxyl groups is 1. The maximum atomic E-state index is 12.1. The van der Waals surface area contributed by atoms with Crippen molar-refractivity contribution in [3.63, 3.8) is 0 Å². The molecule has 0 bridgehead atoms. The van der Waals surface area contributed by atoms with Crippen LogP contribution in [-0.2, 0) is 19.9 Å². The van der Waals surface area contributed by atoms with Crippen molar-refractivity contribution in [2.45, 2.75) is 29.7 Å². The highest BCUT2D eigenvalue weighted by atomic mass is 32.2. The molecular formula is C12H19NO5S2. The van der Waals surface area contributed by atoms with Crippen molar-refractivity contribution in [3.8, 4) is 0 Å². The topological polar surface area (TPSA) is 101 Å². The van der Waals surface area contributed by atoms with Gasteiger partial charge < -0.3 is 5.11 Å². The van der Waals surface area contributed by atoms with Gasteiger partial charge in [-0.05, 0) is 30.2 Å². The molecule has 0 saturated heterocycles. The molecule has 20 heavy (non-hydrogen) atoms. The number of aliphatic hydroxyl groups excluding tert-OH is 1. The third-order valence-corrected chi connectivity index (χ3v) is 5.50. The summed E-state index contributed by atoms with van der Waals surface area (Å²) in [6, 6.07) is 4.36. The van der Waals surface area contributed by atoms with E-state index < -0.39 is 25.9 Å². The van der Waals surface area contributed by atoms with Crippen LogP contribution in [0.2, 0.25) is 0 Å². The van der Waals surface area contributed by atoms with Crippen molar-refractivity contribution in [1.82, 2.24) is 4.72 Å². The summed E-state index contributed by atoms with van der Waals surface area (Å²) < 4.78 is 49.2. The molecule has 1 atom stereocenters. The summed E-state index contributed by atoms with van der Waals surface area (Å²) in [5.74, 6) is -0.0648. The van der Waals surface area contributed by atoms with Crippen LogP contribution in [0.4, 0.5) is 0 Å². The lowest BCUT2D eigenvalue weighted by Gasteiger charge is -2.19. The summed E-state index contributed by atoms with van der Waals surface area (Å²) >= 11 is 0. The normalized spacial score (nSPS) is 14.4. The second-order valence-corrected chi connectivity index (χ2v) is 8.63. The Morgan fingerprint density at radius 2 is 1.50 bits per heavy atom. The van der Waals surface area contributed by atoms with Gasteiger partial charge in [0.1, 0.15) is 0 Å². The van der Waals surface area contributed by atoms with E-state index in [1.165, 1.54) is 24.3 Å². The molecule has 0 heterocycles. The lowest BCUT2D eigenvalue weighted by atomic mass is 10.1. The number of hydrogen-bond donors (Lipinski definition) is 2. The van der Waals surface area contributed by atoms with Gasteiger partial charge in [0.2, 0.25) is 10.0 Å². The summed E-state index contributed by atoms with van der Waals surface area (Å²) in [4.78, 5) is 0.0167. The predicted molar refractivity (Wildman–Crippen MR) is 75.6 cm³/mol.